The fraction of sp³-hybridized carbons (Fsp3) is 0.241. The fourth-order valence-corrected chi connectivity index (χ4v) is 4.71. The lowest BCUT2D eigenvalue weighted by Gasteiger charge is -2.28. The first-order valence-electron chi connectivity index (χ1n) is 12.5. The number of ketones is 1. The molecule has 8 nitrogen and oxygen atoms in total. The molecule has 0 aliphatic carbocycles. The Bertz CT molecular complexity index is 1440. The van der Waals surface area contributed by atoms with E-state index >= 15 is 0 Å². The van der Waals surface area contributed by atoms with Gasteiger partial charge in [-0.25, -0.2) is 0 Å². The van der Waals surface area contributed by atoms with Crippen molar-refractivity contribution >= 4 is 22.8 Å². The van der Waals surface area contributed by atoms with Gasteiger partial charge >= 0.3 is 0 Å². The number of carbonyl (C=O) groups excluding carboxylic acids is 1. The van der Waals surface area contributed by atoms with Crippen LogP contribution in [-0.2, 0) is 6.54 Å². The molecule has 2 N–H and O–H groups in total. The molecule has 0 bridgehead atoms. The van der Waals surface area contributed by atoms with Crippen molar-refractivity contribution in [3.63, 3.8) is 0 Å². The molecule has 6 rings (SSSR count). The molecule has 3 heterocycles. The Morgan fingerprint density at radius 2 is 1.73 bits per heavy atom. The van der Waals surface area contributed by atoms with Gasteiger partial charge in [-0.1, -0.05) is 36.4 Å². The quantitative estimate of drug-likeness (QED) is 0.281. The molecule has 1 saturated heterocycles. The third-order valence-corrected chi connectivity index (χ3v) is 6.61. The van der Waals surface area contributed by atoms with Gasteiger partial charge in [-0.3, -0.25) is 14.8 Å². The summed E-state index contributed by atoms with van der Waals surface area (Å²) in [6, 6.07) is 21.1. The Hall–Kier alpha value is -4.14. The molecular formula is C29H28N4O4. The number of rotatable bonds is 8. The number of fused-ring (bicyclic) bond motifs is 2. The number of para-hydroxylation sites is 2. The molecule has 0 unspecified atom stereocenters. The summed E-state index contributed by atoms with van der Waals surface area (Å²) < 4.78 is 18.2. The average Bonchev–Trinajstić information content (AvgIpc) is 3.50. The number of hydrogen-bond donors (Lipinski definition) is 2. The van der Waals surface area contributed by atoms with Gasteiger partial charge in [0.25, 0.3) is 0 Å². The molecule has 0 amide bonds. The Labute approximate surface area is 214 Å². The van der Waals surface area contributed by atoms with E-state index in [1.54, 1.807) is 12.1 Å². The van der Waals surface area contributed by atoms with Crippen molar-refractivity contribution in [1.29, 1.82) is 0 Å². The Kier molecular flexibility index (Phi) is 6.58. The molecular weight excluding hydrogens is 468 g/mol. The van der Waals surface area contributed by atoms with Crippen LogP contribution in [0.1, 0.15) is 21.6 Å². The number of benzene rings is 3. The molecule has 188 valence electrons. The van der Waals surface area contributed by atoms with Crippen molar-refractivity contribution < 1.29 is 19.0 Å². The molecule has 0 saturated carbocycles. The van der Waals surface area contributed by atoms with Crippen molar-refractivity contribution in [3.8, 4) is 17.2 Å². The summed E-state index contributed by atoms with van der Waals surface area (Å²) in [5.41, 5.74) is 3.00. The zero-order valence-corrected chi connectivity index (χ0v) is 20.4. The van der Waals surface area contributed by atoms with Crippen LogP contribution in [-0.4, -0.2) is 60.3 Å². The minimum Gasteiger partial charge on any atom is -0.490 e. The van der Waals surface area contributed by atoms with Crippen LogP contribution < -0.4 is 19.5 Å². The van der Waals surface area contributed by atoms with Crippen LogP contribution in [0.2, 0.25) is 0 Å². The van der Waals surface area contributed by atoms with Crippen LogP contribution in [0.5, 0.6) is 17.2 Å². The lowest BCUT2D eigenvalue weighted by atomic mass is 10.0. The number of nitrogens with one attached hydrogen (secondary N) is 2. The maximum absolute atomic E-state index is 13.3. The van der Waals surface area contributed by atoms with Gasteiger partial charge < -0.3 is 19.5 Å². The zero-order valence-electron chi connectivity index (χ0n) is 20.4. The highest BCUT2D eigenvalue weighted by Crippen LogP contribution is 2.41. The number of piperazine rings is 1. The van der Waals surface area contributed by atoms with E-state index in [1.807, 2.05) is 60.7 Å². The second-order valence-electron chi connectivity index (χ2n) is 9.05. The SMILES string of the molecule is O=C1C(=Cc2n[nH]c3ccccc23)Oc2c1ccc(OCCOc1ccccc1)c2CN1CCNCC1. The van der Waals surface area contributed by atoms with E-state index < -0.39 is 0 Å². The predicted octanol–water partition coefficient (Wildman–Crippen LogP) is 4.04. The minimum absolute atomic E-state index is 0.150. The third kappa shape index (κ3) is 4.94. The van der Waals surface area contributed by atoms with Gasteiger partial charge in [0, 0.05) is 44.2 Å². The lowest BCUT2D eigenvalue weighted by molar-refractivity contribution is 0.101. The number of aromatic amines is 1. The molecule has 1 fully saturated rings. The van der Waals surface area contributed by atoms with Gasteiger partial charge in [0.05, 0.1) is 22.3 Å². The summed E-state index contributed by atoms with van der Waals surface area (Å²) in [4.78, 5) is 15.7. The van der Waals surface area contributed by atoms with Gasteiger partial charge in [0.2, 0.25) is 5.78 Å². The van der Waals surface area contributed by atoms with Crippen LogP contribution in [0.25, 0.3) is 17.0 Å². The molecule has 2 aliphatic rings. The molecule has 37 heavy (non-hydrogen) atoms. The summed E-state index contributed by atoms with van der Waals surface area (Å²) in [6.07, 6.45) is 1.71. The number of carbonyl (C=O) groups is 1. The summed E-state index contributed by atoms with van der Waals surface area (Å²) in [7, 11) is 0. The highest BCUT2D eigenvalue weighted by molar-refractivity contribution is 6.15. The number of nitrogens with zero attached hydrogens (tertiary/aromatic N) is 2. The first-order valence-corrected chi connectivity index (χ1v) is 12.5. The number of aromatic nitrogens is 2. The molecule has 3 aromatic carbocycles. The highest BCUT2D eigenvalue weighted by atomic mass is 16.5. The van der Waals surface area contributed by atoms with E-state index in [1.165, 1.54) is 0 Å². The van der Waals surface area contributed by atoms with Crippen LogP contribution in [0.3, 0.4) is 0 Å². The molecule has 0 spiro atoms. The molecule has 4 aromatic rings. The third-order valence-electron chi connectivity index (χ3n) is 6.61. The Morgan fingerprint density at radius 1 is 0.946 bits per heavy atom. The highest BCUT2D eigenvalue weighted by Gasteiger charge is 2.32. The summed E-state index contributed by atoms with van der Waals surface area (Å²) >= 11 is 0. The Balaban J connectivity index is 1.26. The maximum atomic E-state index is 13.3. The molecule has 2 aliphatic heterocycles. The van der Waals surface area contributed by atoms with Crippen molar-refractivity contribution in [2.24, 2.45) is 0 Å². The van der Waals surface area contributed by atoms with E-state index in [0.717, 1.165) is 48.4 Å². The molecule has 8 heteroatoms. The van der Waals surface area contributed by atoms with Crippen LogP contribution in [0.4, 0.5) is 0 Å². The second kappa shape index (κ2) is 10.5. The average molecular weight is 497 g/mol. The van der Waals surface area contributed by atoms with Gasteiger partial charge in [0.15, 0.2) is 5.76 Å². The van der Waals surface area contributed by atoms with E-state index in [4.69, 9.17) is 14.2 Å². The van der Waals surface area contributed by atoms with Crippen molar-refractivity contribution in [1.82, 2.24) is 20.4 Å². The minimum atomic E-state index is -0.150. The number of H-pyrrole nitrogens is 1. The van der Waals surface area contributed by atoms with E-state index in [-0.39, 0.29) is 11.5 Å². The van der Waals surface area contributed by atoms with Crippen LogP contribution in [0.15, 0.2) is 72.5 Å². The first-order chi connectivity index (χ1) is 18.3. The number of Topliss-reactive ketones (excluding diaryl/α,β-unsaturated/α-hetero) is 1. The number of allylic oxidation sites excluding steroid dienone is 1. The first kappa shape index (κ1) is 23.3. The van der Waals surface area contributed by atoms with Crippen molar-refractivity contribution in [2.75, 3.05) is 39.4 Å². The van der Waals surface area contributed by atoms with E-state index in [0.29, 0.717) is 42.5 Å². The Morgan fingerprint density at radius 3 is 2.59 bits per heavy atom. The topological polar surface area (TPSA) is 88.7 Å². The predicted molar refractivity (Wildman–Crippen MR) is 141 cm³/mol. The van der Waals surface area contributed by atoms with Crippen molar-refractivity contribution in [2.45, 2.75) is 6.54 Å². The van der Waals surface area contributed by atoms with Gasteiger partial charge in [-0.15, -0.1) is 0 Å². The summed E-state index contributed by atoms with van der Waals surface area (Å²) in [5, 5.41) is 11.7. The molecule has 0 radical (unpaired) electrons. The monoisotopic (exact) mass is 496 g/mol. The molecule has 1 aromatic heterocycles. The van der Waals surface area contributed by atoms with E-state index in [2.05, 4.69) is 20.4 Å². The number of ether oxygens (including phenoxy) is 3. The van der Waals surface area contributed by atoms with Gasteiger partial charge in [0.1, 0.15) is 30.5 Å². The summed E-state index contributed by atoms with van der Waals surface area (Å²) in [5.74, 6) is 2.18. The fourth-order valence-electron chi connectivity index (χ4n) is 4.71. The second-order valence-corrected chi connectivity index (χ2v) is 9.05. The van der Waals surface area contributed by atoms with Gasteiger partial charge in [-0.05, 0) is 30.3 Å². The smallest absolute Gasteiger partial charge is 0.232 e. The maximum Gasteiger partial charge on any atom is 0.232 e. The summed E-state index contributed by atoms with van der Waals surface area (Å²) in [6.45, 7) is 5.09. The standard InChI is InChI=1S/C29H28N4O4/c34-28-22-10-11-26(36-17-16-35-20-6-2-1-3-7-20)23(19-33-14-12-30-13-15-33)29(22)37-27(28)18-25-21-8-4-5-9-24(21)31-32-25/h1-11,18,30H,12-17,19H2,(H,31,32). The molecule has 0 atom stereocenters. The van der Waals surface area contributed by atoms with Crippen LogP contribution in [0, 0.1) is 0 Å². The lowest BCUT2D eigenvalue weighted by Crippen LogP contribution is -2.43. The zero-order chi connectivity index (χ0) is 25.0. The van der Waals surface area contributed by atoms with Gasteiger partial charge in [-0.2, -0.15) is 5.10 Å². The normalized spacial score (nSPS) is 16.6. The largest absolute Gasteiger partial charge is 0.490 e. The van der Waals surface area contributed by atoms with E-state index in [9.17, 15) is 4.79 Å². The number of hydrogen-bond acceptors (Lipinski definition) is 7. The van der Waals surface area contributed by atoms with Crippen LogP contribution >= 0.6 is 0 Å². The van der Waals surface area contributed by atoms with Crippen molar-refractivity contribution in [3.05, 3.63) is 89.3 Å².